The molecular formula is C15H20O2. The van der Waals surface area contributed by atoms with Crippen molar-refractivity contribution in [2.75, 3.05) is 7.11 Å². The van der Waals surface area contributed by atoms with Crippen molar-refractivity contribution in [2.45, 2.75) is 31.6 Å². The molecular weight excluding hydrogens is 212 g/mol. The lowest BCUT2D eigenvalue weighted by atomic mass is 9.78. The second kappa shape index (κ2) is 6.24. The smallest absolute Gasteiger partial charge is 0.315 e. The van der Waals surface area contributed by atoms with Crippen LogP contribution in [0.5, 0.6) is 0 Å². The quantitative estimate of drug-likeness (QED) is 0.426. The Labute approximate surface area is 103 Å². The summed E-state index contributed by atoms with van der Waals surface area (Å²) in [5, 5.41) is 0. The van der Waals surface area contributed by atoms with Gasteiger partial charge in [-0.1, -0.05) is 36.4 Å². The van der Waals surface area contributed by atoms with Crippen molar-refractivity contribution in [2.24, 2.45) is 0 Å². The Morgan fingerprint density at radius 3 is 2.59 bits per heavy atom. The van der Waals surface area contributed by atoms with Crippen molar-refractivity contribution < 1.29 is 9.53 Å². The Kier molecular flexibility index (Phi) is 4.95. The molecule has 0 fully saturated rings. The molecule has 1 rings (SSSR count). The minimum atomic E-state index is -0.557. The molecule has 0 heterocycles. The first kappa shape index (κ1) is 13.5. The monoisotopic (exact) mass is 232 g/mol. The van der Waals surface area contributed by atoms with Crippen molar-refractivity contribution in [1.29, 1.82) is 0 Å². The summed E-state index contributed by atoms with van der Waals surface area (Å²) in [4.78, 5) is 12.0. The summed E-state index contributed by atoms with van der Waals surface area (Å²) in [6.45, 7) is 5.64. The van der Waals surface area contributed by atoms with Crippen LogP contribution in [0.25, 0.3) is 0 Å². The number of carbonyl (C=O) groups is 1. The lowest BCUT2D eigenvalue weighted by molar-refractivity contribution is -0.147. The second-order valence-corrected chi connectivity index (χ2v) is 4.37. The van der Waals surface area contributed by atoms with Crippen molar-refractivity contribution in [3.63, 3.8) is 0 Å². The maximum atomic E-state index is 12.0. The molecule has 0 radical (unpaired) electrons. The van der Waals surface area contributed by atoms with E-state index in [1.54, 1.807) is 0 Å². The molecule has 0 aliphatic heterocycles. The minimum Gasteiger partial charge on any atom is -0.468 e. The Hall–Kier alpha value is -1.57. The van der Waals surface area contributed by atoms with Crippen LogP contribution in [-0.2, 0) is 14.9 Å². The highest BCUT2D eigenvalue weighted by Gasteiger charge is 2.35. The highest BCUT2D eigenvalue weighted by Crippen LogP contribution is 2.30. The van der Waals surface area contributed by atoms with Gasteiger partial charge in [-0.25, -0.2) is 0 Å². The van der Waals surface area contributed by atoms with Crippen LogP contribution in [0.1, 0.15) is 31.7 Å². The van der Waals surface area contributed by atoms with Crippen LogP contribution in [0.15, 0.2) is 43.0 Å². The first-order valence-corrected chi connectivity index (χ1v) is 5.90. The molecule has 1 aromatic rings. The first-order valence-electron chi connectivity index (χ1n) is 5.90. The highest BCUT2D eigenvalue weighted by atomic mass is 16.5. The number of benzene rings is 1. The Balaban J connectivity index is 2.93. The van der Waals surface area contributed by atoms with Gasteiger partial charge in [0, 0.05) is 0 Å². The van der Waals surface area contributed by atoms with Crippen LogP contribution in [0.4, 0.5) is 0 Å². The summed E-state index contributed by atoms with van der Waals surface area (Å²) in [5.74, 6) is -0.173. The van der Waals surface area contributed by atoms with Gasteiger partial charge in [0.1, 0.15) is 0 Å². The third kappa shape index (κ3) is 3.19. The molecule has 0 aliphatic carbocycles. The highest BCUT2D eigenvalue weighted by molar-refractivity contribution is 5.82. The van der Waals surface area contributed by atoms with E-state index in [-0.39, 0.29) is 5.97 Å². The molecule has 0 amide bonds. The second-order valence-electron chi connectivity index (χ2n) is 4.37. The van der Waals surface area contributed by atoms with Crippen LogP contribution in [-0.4, -0.2) is 13.1 Å². The van der Waals surface area contributed by atoms with Crippen molar-refractivity contribution in [3.05, 3.63) is 48.6 Å². The molecule has 0 saturated carbocycles. The topological polar surface area (TPSA) is 26.3 Å². The van der Waals surface area contributed by atoms with Gasteiger partial charge in [0.05, 0.1) is 12.5 Å². The number of rotatable bonds is 6. The fourth-order valence-electron chi connectivity index (χ4n) is 2.00. The zero-order chi connectivity index (χ0) is 12.7. The van der Waals surface area contributed by atoms with Crippen molar-refractivity contribution in [3.8, 4) is 0 Å². The molecule has 0 aromatic heterocycles. The van der Waals surface area contributed by atoms with Crippen LogP contribution in [0, 0.1) is 0 Å². The standard InChI is InChI=1S/C15H20O2/c1-4-5-9-12-15(2,14(16)17-3)13-10-7-6-8-11-13/h4,6-8,10-11H,1,5,9,12H2,2-3H3/t15-/m0/s1. The number of hydrogen-bond donors (Lipinski definition) is 0. The number of hydrogen-bond acceptors (Lipinski definition) is 2. The number of unbranched alkanes of at least 4 members (excludes halogenated alkanes) is 1. The van der Waals surface area contributed by atoms with Crippen LogP contribution < -0.4 is 0 Å². The lowest BCUT2D eigenvalue weighted by Crippen LogP contribution is -2.33. The average molecular weight is 232 g/mol. The zero-order valence-corrected chi connectivity index (χ0v) is 10.6. The van der Waals surface area contributed by atoms with E-state index in [0.29, 0.717) is 0 Å². The number of allylic oxidation sites excluding steroid dienone is 1. The van der Waals surface area contributed by atoms with Gasteiger partial charge in [-0.2, -0.15) is 0 Å². The minimum absolute atomic E-state index is 0.173. The maximum Gasteiger partial charge on any atom is 0.315 e. The van der Waals surface area contributed by atoms with Gasteiger partial charge in [-0.3, -0.25) is 4.79 Å². The molecule has 1 atom stereocenters. The van der Waals surface area contributed by atoms with Gasteiger partial charge >= 0.3 is 5.97 Å². The molecule has 0 aliphatic rings. The number of esters is 1. The van der Waals surface area contributed by atoms with E-state index in [0.717, 1.165) is 24.8 Å². The maximum absolute atomic E-state index is 12.0. The predicted octanol–water partition coefficient (Wildman–Crippen LogP) is 3.47. The fourth-order valence-corrected chi connectivity index (χ4v) is 2.00. The van der Waals surface area contributed by atoms with Gasteiger partial charge in [0.2, 0.25) is 0 Å². The molecule has 2 nitrogen and oxygen atoms in total. The summed E-state index contributed by atoms with van der Waals surface area (Å²) >= 11 is 0. The van der Waals surface area contributed by atoms with Gasteiger partial charge in [0.15, 0.2) is 0 Å². The normalized spacial score (nSPS) is 13.8. The first-order chi connectivity index (χ1) is 8.15. The molecule has 0 saturated heterocycles. The van der Waals surface area contributed by atoms with Crippen LogP contribution in [0.2, 0.25) is 0 Å². The van der Waals surface area contributed by atoms with Gasteiger partial charge in [-0.15, -0.1) is 6.58 Å². The summed E-state index contributed by atoms with van der Waals surface area (Å²) in [6.07, 6.45) is 4.50. The molecule has 0 bridgehead atoms. The van der Waals surface area contributed by atoms with E-state index < -0.39 is 5.41 Å². The largest absolute Gasteiger partial charge is 0.468 e. The number of methoxy groups -OCH3 is 1. The van der Waals surface area contributed by atoms with E-state index in [1.807, 2.05) is 43.3 Å². The zero-order valence-electron chi connectivity index (χ0n) is 10.6. The van der Waals surface area contributed by atoms with Crippen molar-refractivity contribution >= 4 is 5.97 Å². The average Bonchev–Trinajstić information content (AvgIpc) is 2.39. The van der Waals surface area contributed by atoms with E-state index in [1.165, 1.54) is 7.11 Å². The summed E-state index contributed by atoms with van der Waals surface area (Å²) in [6, 6.07) is 9.80. The summed E-state index contributed by atoms with van der Waals surface area (Å²) < 4.78 is 4.94. The molecule has 92 valence electrons. The van der Waals surface area contributed by atoms with E-state index in [4.69, 9.17) is 4.74 Å². The predicted molar refractivity (Wildman–Crippen MR) is 69.9 cm³/mol. The number of carbonyl (C=O) groups excluding carboxylic acids is 1. The fraction of sp³-hybridized carbons (Fsp3) is 0.400. The van der Waals surface area contributed by atoms with Gasteiger partial charge in [-0.05, 0) is 31.7 Å². The van der Waals surface area contributed by atoms with Gasteiger partial charge < -0.3 is 4.74 Å². The summed E-state index contributed by atoms with van der Waals surface area (Å²) in [7, 11) is 1.44. The number of ether oxygens (including phenoxy) is 1. The third-order valence-electron chi connectivity index (χ3n) is 3.13. The molecule has 0 unspecified atom stereocenters. The Morgan fingerprint density at radius 1 is 1.41 bits per heavy atom. The van der Waals surface area contributed by atoms with Gasteiger partial charge in [0.25, 0.3) is 0 Å². The SMILES string of the molecule is C=CCCC[C@](C)(C(=O)OC)c1ccccc1. The Bertz CT molecular complexity index is 370. The Morgan fingerprint density at radius 2 is 2.06 bits per heavy atom. The van der Waals surface area contributed by atoms with Crippen LogP contribution in [0.3, 0.4) is 0 Å². The van der Waals surface area contributed by atoms with E-state index in [9.17, 15) is 4.79 Å². The van der Waals surface area contributed by atoms with E-state index in [2.05, 4.69) is 6.58 Å². The molecule has 0 spiro atoms. The van der Waals surface area contributed by atoms with E-state index >= 15 is 0 Å². The molecule has 2 heteroatoms. The van der Waals surface area contributed by atoms with Crippen molar-refractivity contribution in [1.82, 2.24) is 0 Å². The molecule has 0 N–H and O–H groups in total. The lowest BCUT2D eigenvalue weighted by Gasteiger charge is -2.27. The van der Waals surface area contributed by atoms with Crippen LogP contribution >= 0.6 is 0 Å². The molecule has 1 aromatic carbocycles. The third-order valence-corrected chi connectivity index (χ3v) is 3.13. The summed E-state index contributed by atoms with van der Waals surface area (Å²) in [5.41, 5.74) is 0.454. The molecule has 17 heavy (non-hydrogen) atoms.